The van der Waals surface area contributed by atoms with Gasteiger partial charge in [-0.25, -0.2) is 5.43 Å². The lowest BCUT2D eigenvalue weighted by Gasteiger charge is -2.05. The van der Waals surface area contributed by atoms with Crippen LogP contribution in [0.2, 0.25) is 0 Å². The molecular weight excluding hydrogens is 466 g/mol. The number of nitrogens with one attached hydrogen (secondary N) is 1. The quantitative estimate of drug-likeness (QED) is 0.218. The van der Waals surface area contributed by atoms with Gasteiger partial charge in [-0.15, -0.1) is 16.8 Å². The fourth-order valence-corrected chi connectivity index (χ4v) is 3.79. The number of nitrogens with zero attached hydrogens (tertiary/aromatic N) is 4. The maximum absolute atomic E-state index is 12.1. The molecule has 0 saturated heterocycles. The van der Waals surface area contributed by atoms with Crippen molar-refractivity contribution in [2.45, 2.75) is 11.6 Å². The summed E-state index contributed by atoms with van der Waals surface area (Å²) in [6, 6.07) is 13.1. The Morgan fingerprint density at radius 3 is 2.90 bits per heavy atom. The Labute approximate surface area is 187 Å². The van der Waals surface area contributed by atoms with Gasteiger partial charge >= 0.3 is 0 Å². The number of hydrogen-bond donors (Lipinski definition) is 2. The number of aromatic hydroxyl groups is 1. The number of amides is 1. The predicted octanol–water partition coefficient (Wildman–Crippen LogP) is 3.92. The van der Waals surface area contributed by atoms with Crippen LogP contribution in [-0.4, -0.2) is 37.7 Å². The van der Waals surface area contributed by atoms with Gasteiger partial charge in [0.25, 0.3) is 5.91 Å². The van der Waals surface area contributed by atoms with E-state index >= 15 is 0 Å². The maximum Gasteiger partial charge on any atom is 0.250 e. The van der Waals surface area contributed by atoms with Crippen molar-refractivity contribution in [2.24, 2.45) is 12.1 Å². The highest BCUT2D eigenvalue weighted by Gasteiger charge is 2.13. The molecule has 0 atom stereocenters. The highest BCUT2D eigenvalue weighted by atomic mass is 79.9. The first-order valence-corrected chi connectivity index (χ1v) is 10.8. The second kappa shape index (κ2) is 10.2. The smallest absolute Gasteiger partial charge is 0.250 e. The molecule has 30 heavy (non-hydrogen) atoms. The Bertz CT molecular complexity index is 1100. The first-order valence-electron chi connectivity index (χ1n) is 9.01. The highest BCUT2D eigenvalue weighted by molar-refractivity contribution is 9.10. The molecule has 0 fully saturated rings. The van der Waals surface area contributed by atoms with Gasteiger partial charge in [0.2, 0.25) is 0 Å². The van der Waals surface area contributed by atoms with Gasteiger partial charge in [-0.3, -0.25) is 4.79 Å². The molecule has 154 valence electrons. The molecule has 7 nitrogen and oxygen atoms in total. The molecule has 1 heterocycles. The van der Waals surface area contributed by atoms with E-state index in [0.717, 1.165) is 15.6 Å². The Morgan fingerprint density at radius 2 is 2.13 bits per heavy atom. The monoisotopic (exact) mass is 485 g/mol. The Kier molecular flexibility index (Phi) is 7.42. The standard InChI is InChI=1S/C21H20BrN5O2S/c1-3-6-14-7-4-9-16(19(14)29)12-23-24-18(28)13-30-21-26-25-20(27(21)2)15-8-5-10-17(22)11-15/h3-5,7-12,29H,1,6,13H2,2H3,(H,24,28)/b23-12-. The molecule has 0 spiro atoms. The van der Waals surface area contributed by atoms with Gasteiger partial charge < -0.3 is 9.67 Å². The Hall–Kier alpha value is -2.91. The molecule has 3 aromatic rings. The number of para-hydroxylation sites is 1. The number of hydrazone groups is 1. The van der Waals surface area contributed by atoms with Crippen molar-refractivity contribution in [1.29, 1.82) is 0 Å². The number of allylic oxidation sites excluding steroid dienone is 1. The van der Waals surface area contributed by atoms with Crippen LogP contribution >= 0.6 is 27.7 Å². The van der Waals surface area contributed by atoms with E-state index in [2.05, 4.69) is 43.2 Å². The van der Waals surface area contributed by atoms with Gasteiger partial charge in [0, 0.05) is 22.6 Å². The van der Waals surface area contributed by atoms with E-state index in [0.29, 0.717) is 23.0 Å². The van der Waals surface area contributed by atoms with Crippen molar-refractivity contribution in [3.8, 4) is 17.1 Å². The summed E-state index contributed by atoms with van der Waals surface area (Å²) in [5.41, 5.74) is 4.66. The summed E-state index contributed by atoms with van der Waals surface area (Å²) in [6.07, 6.45) is 3.68. The first kappa shape index (κ1) is 21.8. The molecule has 0 radical (unpaired) electrons. The lowest BCUT2D eigenvalue weighted by molar-refractivity contribution is -0.118. The molecule has 0 aliphatic heterocycles. The molecule has 0 bridgehead atoms. The van der Waals surface area contributed by atoms with Crippen LogP contribution in [0, 0.1) is 0 Å². The number of hydrogen-bond acceptors (Lipinski definition) is 6. The van der Waals surface area contributed by atoms with Crippen molar-refractivity contribution in [2.75, 3.05) is 5.75 Å². The molecule has 9 heteroatoms. The molecule has 0 aliphatic rings. The molecule has 1 aromatic heterocycles. The highest BCUT2D eigenvalue weighted by Crippen LogP contribution is 2.25. The third kappa shape index (κ3) is 5.37. The van der Waals surface area contributed by atoms with E-state index < -0.39 is 0 Å². The van der Waals surface area contributed by atoms with E-state index in [1.54, 1.807) is 12.1 Å². The molecule has 0 saturated carbocycles. The van der Waals surface area contributed by atoms with Gasteiger partial charge in [-0.05, 0) is 30.2 Å². The third-order valence-corrected chi connectivity index (χ3v) is 5.67. The molecule has 3 rings (SSSR count). The summed E-state index contributed by atoms with van der Waals surface area (Å²) in [4.78, 5) is 12.1. The van der Waals surface area contributed by atoms with E-state index in [-0.39, 0.29) is 17.4 Å². The fraction of sp³-hybridized carbons (Fsp3) is 0.143. The number of halogens is 1. The SMILES string of the molecule is C=CCc1cccc(/C=N\NC(=O)CSc2nnc(-c3cccc(Br)c3)n2C)c1O. The summed E-state index contributed by atoms with van der Waals surface area (Å²) in [6.45, 7) is 3.67. The lowest BCUT2D eigenvalue weighted by Crippen LogP contribution is -2.20. The molecule has 0 unspecified atom stereocenters. The average molecular weight is 486 g/mol. The lowest BCUT2D eigenvalue weighted by atomic mass is 10.1. The van der Waals surface area contributed by atoms with E-state index in [4.69, 9.17) is 0 Å². The number of thioether (sulfide) groups is 1. The van der Waals surface area contributed by atoms with Crippen LogP contribution in [-0.2, 0) is 18.3 Å². The van der Waals surface area contributed by atoms with Crippen LogP contribution in [0.15, 0.2) is 69.9 Å². The van der Waals surface area contributed by atoms with E-state index in [9.17, 15) is 9.90 Å². The van der Waals surface area contributed by atoms with Gasteiger partial charge in [-0.1, -0.05) is 58.0 Å². The minimum Gasteiger partial charge on any atom is -0.507 e. The molecule has 0 aliphatic carbocycles. The Morgan fingerprint density at radius 1 is 1.33 bits per heavy atom. The largest absolute Gasteiger partial charge is 0.507 e. The summed E-state index contributed by atoms with van der Waals surface area (Å²) in [7, 11) is 1.85. The van der Waals surface area contributed by atoms with Crippen molar-refractivity contribution in [1.82, 2.24) is 20.2 Å². The van der Waals surface area contributed by atoms with Crippen LogP contribution in [0.25, 0.3) is 11.4 Å². The first-order chi connectivity index (χ1) is 14.5. The summed E-state index contributed by atoms with van der Waals surface area (Å²) < 4.78 is 2.79. The van der Waals surface area contributed by atoms with Gasteiger partial charge in [0.1, 0.15) is 5.75 Å². The van der Waals surface area contributed by atoms with Crippen LogP contribution in [0.1, 0.15) is 11.1 Å². The van der Waals surface area contributed by atoms with Crippen LogP contribution < -0.4 is 5.43 Å². The topological polar surface area (TPSA) is 92.4 Å². The number of carbonyl (C=O) groups is 1. The molecule has 2 aromatic carbocycles. The maximum atomic E-state index is 12.1. The third-order valence-electron chi connectivity index (χ3n) is 4.16. The zero-order chi connectivity index (χ0) is 21.5. The normalized spacial score (nSPS) is 11.0. The van der Waals surface area contributed by atoms with Gasteiger partial charge in [-0.2, -0.15) is 5.10 Å². The Balaban J connectivity index is 1.57. The van der Waals surface area contributed by atoms with Crippen molar-refractivity contribution in [3.63, 3.8) is 0 Å². The zero-order valence-corrected chi connectivity index (χ0v) is 18.7. The van der Waals surface area contributed by atoms with Crippen LogP contribution in [0.4, 0.5) is 0 Å². The number of phenolic OH excluding ortho intramolecular Hbond substituents is 1. The number of carbonyl (C=O) groups excluding carboxylic acids is 1. The minimum absolute atomic E-state index is 0.129. The predicted molar refractivity (Wildman–Crippen MR) is 123 cm³/mol. The average Bonchev–Trinajstić information content (AvgIpc) is 3.10. The summed E-state index contributed by atoms with van der Waals surface area (Å²) >= 11 is 4.71. The fourth-order valence-electron chi connectivity index (χ4n) is 2.69. The molecule has 2 N–H and O–H groups in total. The molecular formula is C21H20BrN5O2S. The summed E-state index contributed by atoms with van der Waals surface area (Å²) in [5.74, 6) is 0.686. The van der Waals surface area contributed by atoms with Crippen LogP contribution in [0.5, 0.6) is 5.75 Å². The van der Waals surface area contributed by atoms with Crippen molar-refractivity contribution in [3.05, 3.63) is 70.7 Å². The zero-order valence-electron chi connectivity index (χ0n) is 16.2. The van der Waals surface area contributed by atoms with Gasteiger partial charge in [0.05, 0.1) is 12.0 Å². The molecule has 1 amide bonds. The minimum atomic E-state index is -0.287. The van der Waals surface area contributed by atoms with Crippen LogP contribution in [0.3, 0.4) is 0 Å². The number of benzene rings is 2. The van der Waals surface area contributed by atoms with E-state index in [1.807, 2.05) is 48.0 Å². The van der Waals surface area contributed by atoms with Gasteiger partial charge in [0.15, 0.2) is 11.0 Å². The van der Waals surface area contributed by atoms with E-state index in [1.165, 1.54) is 18.0 Å². The number of aromatic nitrogens is 3. The number of rotatable bonds is 8. The van der Waals surface area contributed by atoms with Crippen molar-refractivity contribution >= 4 is 39.8 Å². The second-order valence-corrected chi connectivity index (χ2v) is 8.16. The number of phenols is 1. The summed E-state index contributed by atoms with van der Waals surface area (Å²) in [5, 5.41) is 23.1. The second-order valence-electron chi connectivity index (χ2n) is 6.31. The van der Waals surface area contributed by atoms with Crippen molar-refractivity contribution < 1.29 is 9.90 Å².